The highest BCUT2D eigenvalue weighted by molar-refractivity contribution is 5.90. The summed E-state index contributed by atoms with van der Waals surface area (Å²) in [5, 5.41) is 8.87. The largest absolute Gasteiger partial charge is 0.476 e. The number of aromatic carboxylic acids is 1. The van der Waals surface area contributed by atoms with Crippen molar-refractivity contribution in [3.63, 3.8) is 0 Å². The zero-order valence-corrected chi connectivity index (χ0v) is 8.78. The first kappa shape index (κ1) is 11.4. The average molecular weight is 213 g/mol. The third kappa shape index (κ3) is 2.39. The molecule has 6 nitrogen and oxygen atoms in total. The van der Waals surface area contributed by atoms with Crippen molar-refractivity contribution in [1.82, 2.24) is 9.55 Å². The highest BCUT2D eigenvalue weighted by Gasteiger charge is 2.18. The van der Waals surface area contributed by atoms with Gasteiger partial charge in [-0.1, -0.05) is 13.8 Å². The number of rotatable bonds is 4. The van der Waals surface area contributed by atoms with Crippen molar-refractivity contribution >= 4 is 11.8 Å². The molecule has 4 N–H and O–H groups in total. The van der Waals surface area contributed by atoms with Gasteiger partial charge in [-0.05, 0) is 12.3 Å². The normalized spacial score (nSPS) is 10.9. The molecule has 6 heteroatoms. The molecule has 0 aromatic carbocycles. The number of carbonyl (C=O) groups is 1. The lowest BCUT2D eigenvalue weighted by Crippen LogP contribution is -2.21. The van der Waals surface area contributed by atoms with Crippen molar-refractivity contribution < 1.29 is 9.90 Å². The summed E-state index contributed by atoms with van der Waals surface area (Å²) in [6.07, 6.45) is 0.734. The monoisotopic (exact) mass is 213 g/mol. The Morgan fingerprint density at radius 1 is 1.60 bits per heavy atom. The van der Waals surface area contributed by atoms with Crippen molar-refractivity contribution in [2.24, 2.45) is 5.92 Å². The molecule has 0 aliphatic carbocycles. The van der Waals surface area contributed by atoms with Crippen LogP contribution in [0.25, 0.3) is 0 Å². The predicted octanol–water partition coefficient (Wildman–Crippen LogP) is 0.503. The van der Waals surface area contributed by atoms with Crippen LogP contribution in [0.3, 0.4) is 0 Å². The number of nitrogens with one attached hydrogen (secondary N) is 1. The first-order chi connectivity index (χ1) is 6.93. The fraction of sp³-hybridized carbons (Fsp3) is 0.556. The number of aromatic amines is 1. The summed E-state index contributed by atoms with van der Waals surface area (Å²) in [5.41, 5.74) is 4.77. The molecule has 0 bridgehead atoms. The summed E-state index contributed by atoms with van der Waals surface area (Å²) in [7, 11) is 0. The summed E-state index contributed by atoms with van der Waals surface area (Å²) in [6, 6.07) is 0. The molecule has 84 valence electrons. The van der Waals surface area contributed by atoms with Gasteiger partial charge >= 0.3 is 11.7 Å². The molecule has 1 aromatic rings. The molecule has 0 saturated heterocycles. The first-order valence-corrected chi connectivity index (χ1v) is 4.75. The quantitative estimate of drug-likeness (QED) is 0.677. The maximum absolute atomic E-state index is 11.3. The number of carboxylic acid groups (broad SMARTS) is 1. The fourth-order valence-electron chi connectivity index (χ4n) is 1.32. The van der Waals surface area contributed by atoms with Crippen LogP contribution in [0.15, 0.2) is 4.79 Å². The van der Waals surface area contributed by atoms with Crippen LogP contribution < -0.4 is 11.4 Å². The number of hydrogen-bond donors (Lipinski definition) is 3. The van der Waals surface area contributed by atoms with Gasteiger partial charge in [0.2, 0.25) is 0 Å². The van der Waals surface area contributed by atoms with Crippen molar-refractivity contribution in [3.8, 4) is 0 Å². The zero-order valence-electron chi connectivity index (χ0n) is 8.78. The molecule has 0 radical (unpaired) electrons. The molecule has 1 rings (SSSR count). The van der Waals surface area contributed by atoms with Gasteiger partial charge in [-0.3, -0.25) is 9.55 Å². The maximum atomic E-state index is 11.3. The first-order valence-electron chi connectivity index (χ1n) is 4.75. The van der Waals surface area contributed by atoms with E-state index in [9.17, 15) is 9.59 Å². The Morgan fingerprint density at radius 2 is 2.20 bits per heavy atom. The molecule has 1 aromatic heterocycles. The van der Waals surface area contributed by atoms with E-state index in [1.807, 2.05) is 13.8 Å². The van der Waals surface area contributed by atoms with Gasteiger partial charge < -0.3 is 10.8 Å². The van der Waals surface area contributed by atoms with Gasteiger partial charge in [-0.25, -0.2) is 9.59 Å². The lowest BCUT2D eigenvalue weighted by Gasteiger charge is -2.06. The van der Waals surface area contributed by atoms with Crippen molar-refractivity contribution in [2.75, 3.05) is 5.73 Å². The zero-order chi connectivity index (χ0) is 11.6. The van der Waals surface area contributed by atoms with E-state index in [0.717, 1.165) is 11.0 Å². The molecule has 0 unspecified atom stereocenters. The Balaban J connectivity index is 3.05. The fourth-order valence-corrected chi connectivity index (χ4v) is 1.32. The van der Waals surface area contributed by atoms with Gasteiger partial charge in [0.15, 0.2) is 5.69 Å². The van der Waals surface area contributed by atoms with E-state index in [1.165, 1.54) is 0 Å². The highest BCUT2D eigenvalue weighted by Crippen LogP contribution is 2.09. The summed E-state index contributed by atoms with van der Waals surface area (Å²) in [5.74, 6) is -0.875. The van der Waals surface area contributed by atoms with Gasteiger partial charge in [0.1, 0.15) is 5.82 Å². The number of imidazole rings is 1. The summed E-state index contributed by atoms with van der Waals surface area (Å²) in [6.45, 7) is 4.37. The van der Waals surface area contributed by atoms with E-state index in [4.69, 9.17) is 10.8 Å². The Labute approximate surface area is 86.7 Å². The number of anilines is 1. The van der Waals surface area contributed by atoms with Crippen LogP contribution in [-0.2, 0) is 6.54 Å². The van der Waals surface area contributed by atoms with E-state index in [0.29, 0.717) is 12.5 Å². The molecule has 0 atom stereocenters. The molecule has 0 aliphatic heterocycles. The smallest absolute Gasteiger partial charge is 0.356 e. The number of nitrogens with zero attached hydrogens (tertiary/aromatic N) is 1. The van der Waals surface area contributed by atoms with Crippen LogP contribution in [0.4, 0.5) is 5.82 Å². The molecular weight excluding hydrogens is 198 g/mol. The van der Waals surface area contributed by atoms with E-state index >= 15 is 0 Å². The lowest BCUT2D eigenvalue weighted by atomic mass is 10.1. The van der Waals surface area contributed by atoms with Gasteiger partial charge in [-0.15, -0.1) is 0 Å². The van der Waals surface area contributed by atoms with E-state index < -0.39 is 11.7 Å². The number of aromatic nitrogens is 2. The minimum Gasteiger partial charge on any atom is -0.476 e. The summed E-state index contributed by atoms with van der Waals surface area (Å²) < 4.78 is 1.16. The van der Waals surface area contributed by atoms with Crippen molar-refractivity contribution in [3.05, 3.63) is 16.2 Å². The van der Waals surface area contributed by atoms with Crippen LogP contribution in [0.5, 0.6) is 0 Å². The van der Waals surface area contributed by atoms with Crippen molar-refractivity contribution in [1.29, 1.82) is 0 Å². The Kier molecular flexibility index (Phi) is 3.18. The van der Waals surface area contributed by atoms with Gasteiger partial charge in [0, 0.05) is 6.54 Å². The molecule has 1 heterocycles. The molecular formula is C9H15N3O3. The van der Waals surface area contributed by atoms with Crippen LogP contribution in [0.1, 0.15) is 30.8 Å². The lowest BCUT2D eigenvalue weighted by molar-refractivity contribution is 0.0685. The van der Waals surface area contributed by atoms with Crippen LogP contribution >= 0.6 is 0 Å². The van der Waals surface area contributed by atoms with Crippen LogP contribution in [-0.4, -0.2) is 20.6 Å². The maximum Gasteiger partial charge on any atom is 0.356 e. The number of hydrogen-bond acceptors (Lipinski definition) is 3. The minimum atomic E-state index is -1.19. The molecule has 0 saturated carbocycles. The van der Waals surface area contributed by atoms with Gasteiger partial charge in [-0.2, -0.15) is 0 Å². The van der Waals surface area contributed by atoms with Gasteiger partial charge in [0.05, 0.1) is 0 Å². The summed E-state index contributed by atoms with van der Waals surface area (Å²) >= 11 is 0. The molecule has 0 fully saturated rings. The Hall–Kier alpha value is -1.72. The standard InChI is InChI=1S/C9H15N3O3/c1-5(2)3-4-12-6(8(13)14)7(10)11-9(12)15/h5H,3-4,10H2,1-2H3,(H,11,15)(H,13,14). The molecule has 0 spiro atoms. The third-order valence-corrected chi connectivity index (χ3v) is 2.14. The number of carboxylic acids is 1. The second kappa shape index (κ2) is 4.20. The highest BCUT2D eigenvalue weighted by atomic mass is 16.4. The second-order valence-corrected chi connectivity index (χ2v) is 3.83. The average Bonchev–Trinajstić information content (AvgIpc) is 2.37. The Bertz CT molecular complexity index is 417. The third-order valence-electron chi connectivity index (χ3n) is 2.14. The van der Waals surface area contributed by atoms with E-state index in [2.05, 4.69) is 4.98 Å². The van der Waals surface area contributed by atoms with Gasteiger partial charge in [0.25, 0.3) is 0 Å². The van der Waals surface area contributed by atoms with Crippen LogP contribution in [0, 0.1) is 5.92 Å². The minimum absolute atomic E-state index is 0.0868. The van der Waals surface area contributed by atoms with Crippen LogP contribution in [0.2, 0.25) is 0 Å². The number of nitrogens with two attached hydrogens (primary N) is 1. The predicted molar refractivity (Wildman–Crippen MR) is 55.9 cm³/mol. The van der Waals surface area contributed by atoms with E-state index in [1.54, 1.807) is 0 Å². The number of H-pyrrole nitrogens is 1. The topological polar surface area (TPSA) is 101 Å². The van der Waals surface area contributed by atoms with Crippen molar-refractivity contribution in [2.45, 2.75) is 26.8 Å². The molecule has 0 aliphatic rings. The molecule has 0 amide bonds. The number of nitrogen functional groups attached to an aromatic ring is 1. The molecule has 15 heavy (non-hydrogen) atoms. The van der Waals surface area contributed by atoms with E-state index in [-0.39, 0.29) is 11.5 Å². The Morgan fingerprint density at radius 3 is 2.67 bits per heavy atom. The second-order valence-electron chi connectivity index (χ2n) is 3.83. The SMILES string of the molecule is CC(C)CCn1c(C(=O)O)c(N)[nH]c1=O. The summed E-state index contributed by atoms with van der Waals surface area (Å²) in [4.78, 5) is 24.5.